The summed E-state index contributed by atoms with van der Waals surface area (Å²) >= 11 is 0. The van der Waals surface area contributed by atoms with Gasteiger partial charge in [-0.15, -0.1) is 0 Å². The normalized spacial score (nSPS) is 15.3. The quantitative estimate of drug-likeness (QED) is 0.599. The van der Waals surface area contributed by atoms with Crippen LogP contribution in [0.15, 0.2) is 60.7 Å². The minimum Gasteiger partial charge on any atom is -0.379 e. The van der Waals surface area contributed by atoms with Crippen molar-refractivity contribution >= 4 is 28.3 Å². The van der Waals surface area contributed by atoms with E-state index in [1.807, 2.05) is 42.5 Å². The molecular formula is C24H23F2N3O3. The number of nitrogens with one attached hydrogen (secondary N) is 2. The van der Waals surface area contributed by atoms with E-state index in [9.17, 15) is 18.4 Å². The predicted octanol–water partition coefficient (Wildman–Crippen LogP) is 3.25. The van der Waals surface area contributed by atoms with Crippen molar-refractivity contribution in [3.8, 4) is 0 Å². The van der Waals surface area contributed by atoms with Crippen LogP contribution in [0.3, 0.4) is 0 Å². The second kappa shape index (κ2) is 9.84. The average molecular weight is 439 g/mol. The van der Waals surface area contributed by atoms with Gasteiger partial charge in [0.25, 0.3) is 0 Å². The van der Waals surface area contributed by atoms with Gasteiger partial charge < -0.3 is 15.4 Å². The van der Waals surface area contributed by atoms with E-state index in [-0.39, 0.29) is 18.3 Å². The first kappa shape index (κ1) is 21.9. The van der Waals surface area contributed by atoms with Crippen LogP contribution in [0.5, 0.6) is 0 Å². The van der Waals surface area contributed by atoms with Crippen molar-refractivity contribution in [2.45, 2.75) is 6.04 Å². The van der Waals surface area contributed by atoms with E-state index in [0.29, 0.717) is 26.3 Å². The third-order valence-electron chi connectivity index (χ3n) is 5.51. The molecule has 4 rings (SSSR count). The molecule has 6 nitrogen and oxygen atoms in total. The third kappa shape index (κ3) is 4.92. The van der Waals surface area contributed by atoms with E-state index in [0.717, 1.165) is 34.5 Å². The average Bonchev–Trinajstić information content (AvgIpc) is 2.82. The number of halogens is 2. The summed E-state index contributed by atoms with van der Waals surface area (Å²) in [4.78, 5) is 26.9. The van der Waals surface area contributed by atoms with Gasteiger partial charge in [0.05, 0.1) is 24.9 Å². The van der Waals surface area contributed by atoms with Crippen molar-refractivity contribution in [2.24, 2.45) is 0 Å². The molecule has 1 aliphatic rings. The molecule has 3 aromatic carbocycles. The maximum absolute atomic E-state index is 13.8. The summed E-state index contributed by atoms with van der Waals surface area (Å²) in [6.07, 6.45) is 0. The largest absolute Gasteiger partial charge is 0.379 e. The number of hydrogen-bond acceptors (Lipinski definition) is 4. The lowest BCUT2D eigenvalue weighted by Gasteiger charge is -2.35. The lowest BCUT2D eigenvalue weighted by atomic mass is 9.97. The number of fused-ring (bicyclic) bond motifs is 1. The van der Waals surface area contributed by atoms with Gasteiger partial charge in [0.15, 0.2) is 0 Å². The Kier molecular flexibility index (Phi) is 6.72. The molecule has 1 heterocycles. The summed E-state index contributed by atoms with van der Waals surface area (Å²) in [5.41, 5.74) is 0.644. The highest BCUT2D eigenvalue weighted by Crippen LogP contribution is 2.28. The number of ether oxygens (including phenoxy) is 1. The molecule has 1 aliphatic heterocycles. The van der Waals surface area contributed by atoms with E-state index in [1.54, 1.807) is 0 Å². The Balaban J connectivity index is 1.52. The molecule has 1 unspecified atom stereocenters. The summed E-state index contributed by atoms with van der Waals surface area (Å²) < 4.78 is 32.6. The van der Waals surface area contributed by atoms with Crippen LogP contribution in [0.4, 0.5) is 14.5 Å². The standard InChI is InChI=1S/C24H23F2N3O3/c25-17-8-9-20(26)21(14-17)28-24(31)23(30)27-15-22(29-10-12-32-13-11-29)19-7-3-5-16-4-1-2-6-18(16)19/h1-9,14,22H,10-13,15H2,(H,27,30)(H,28,31). The van der Waals surface area contributed by atoms with Crippen LogP contribution >= 0.6 is 0 Å². The van der Waals surface area contributed by atoms with Crippen LogP contribution in [0.1, 0.15) is 11.6 Å². The van der Waals surface area contributed by atoms with Gasteiger partial charge in [-0.3, -0.25) is 14.5 Å². The Morgan fingerprint density at radius 1 is 0.969 bits per heavy atom. The van der Waals surface area contributed by atoms with Crippen LogP contribution in [0, 0.1) is 11.6 Å². The molecule has 1 saturated heterocycles. The third-order valence-corrected chi connectivity index (χ3v) is 5.51. The molecule has 0 spiro atoms. The molecule has 1 atom stereocenters. The second-order valence-electron chi connectivity index (χ2n) is 7.52. The summed E-state index contributed by atoms with van der Waals surface area (Å²) in [6.45, 7) is 2.70. The molecule has 3 aromatic rings. The zero-order chi connectivity index (χ0) is 22.5. The first-order valence-electron chi connectivity index (χ1n) is 10.4. The van der Waals surface area contributed by atoms with Gasteiger partial charge in [-0.25, -0.2) is 8.78 Å². The summed E-state index contributed by atoms with van der Waals surface area (Å²) in [7, 11) is 0. The van der Waals surface area contributed by atoms with Gasteiger partial charge in [0.2, 0.25) is 0 Å². The van der Waals surface area contributed by atoms with Crippen molar-refractivity contribution in [1.29, 1.82) is 0 Å². The number of carbonyl (C=O) groups is 2. The maximum atomic E-state index is 13.8. The fraction of sp³-hybridized carbons (Fsp3) is 0.250. The van der Waals surface area contributed by atoms with Gasteiger partial charge >= 0.3 is 11.8 Å². The van der Waals surface area contributed by atoms with E-state index >= 15 is 0 Å². The molecule has 32 heavy (non-hydrogen) atoms. The lowest BCUT2D eigenvalue weighted by molar-refractivity contribution is -0.136. The monoisotopic (exact) mass is 439 g/mol. The van der Waals surface area contributed by atoms with Crippen LogP contribution in [0.25, 0.3) is 10.8 Å². The van der Waals surface area contributed by atoms with Gasteiger partial charge in [-0.05, 0) is 28.5 Å². The molecule has 0 aromatic heterocycles. The van der Waals surface area contributed by atoms with Crippen molar-refractivity contribution < 1.29 is 23.1 Å². The molecule has 0 bridgehead atoms. The number of carbonyl (C=O) groups excluding carboxylic acids is 2. The molecule has 2 N–H and O–H groups in total. The first-order valence-corrected chi connectivity index (χ1v) is 10.4. The van der Waals surface area contributed by atoms with E-state index in [4.69, 9.17) is 4.74 Å². The highest BCUT2D eigenvalue weighted by Gasteiger charge is 2.26. The van der Waals surface area contributed by atoms with Crippen molar-refractivity contribution in [3.63, 3.8) is 0 Å². The van der Waals surface area contributed by atoms with Gasteiger partial charge in [-0.2, -0.15) is 0 Å². The number of hydrogen-bond donors (Lipinski definition) is 2. The number of anilines is 1. The molecule has 0 radical (unpaired) electrons. The molecule has 8 heteroatoms. The number of nitrogens with zero attached hydrogens (tertiary/aromatic N) is 1. The number of morpholine rings is 1. The topological polar surface area (TPSA) is 70.7 Å². The Morgan fingerprint density at radius 2 is 1.72 bits per heavy atom. The molecule has 0 saturated carbocycles. The molecule has 166 valence electrons. The fourth-order valence-corrected chi connectivity index (χ4v) is 3.91. The maximum Gasteiger partial charge on any atom is 0.313 e. The summed E-state index contributed by atoms with van der Waals surface area (Å²) in [5, 5.41) is 6.91. The first-order chi connectivity index (χ1) is 15.5. The molecular weight excluding hydrogens is 416 g/mol. The van der Waals surface area contributed by atoms with Crippen molar-refractivity contribution in [2.75, 3.05) is 38.2 Å². The van der Waals surface area contributed by atoms with Gasteiger partial charge in [-0.1, -0.05) is 42.5 Å². The fourth-order valence-electron chi connectivity index (χ4n) is 3.91. The van der Waals surface area contributed by atoms with Gasteiger partial charge in [0.1, 0.15) is 11.6 Å². The van der Waals surface area contributed by atoms with Crippen molar-refractivity contribution in [3.05, 3.63) is 77.9 Å². The van der Waals surface area contributed by atoms with Crippen LogP contribution in [-0.2, 0) is 14.3 Å². The van der Waals surface area contributed by atoms with Crippen LogP contribution < -0.4 is 10.6 Å². The number of benzene rings is 3. The molecule has 0 aliphatic carbocycles. The number of amides is 2. The Hall–Kier alpha value is -3.36. The van der Waals surface area contributed by atoms with E-state index < -0.39 is 23.4 Å². The zero-order valence-electron chi connectivity index (χ0n) is 17.3. The zero-order valence-corrected chi connectivity index (χ0v) is 17.3. The Morgan fingerprint density at radius 3 is 2.53 bits per heavy atom. The Bertz CT molecular complexity index is 1130. The summed E-state index contributed by atoms with van der Waals surface area (Å²) in [6, 6.07) is 16.4. The van der Waals surface area contributed by atoms with Crippen LogP contribution in [-0.4, -0.2) is 49.6 Å². The van der Waals surface area contributed by atoms with Crippen LogP contribution in [0.2, 0.25) is 0 Å². The highest BCUT2D eigenvalue weighted by molar-refractivity contribution is 6.39. The van der Waals surface area contributed by atoms with E-state index in [2.05, 4.69) is 15.5 Å². The molecule has 2 amide bonds. The minimum atomic E-state index is -1.06. The number of rotatable bonds is 5. The van der Waals surface area contributed by atoms with Crippen molar-refractivity contribution in [1.82, 2.24) is 10.2 Å². The SMILES string of the molecule is O=C(NCC(c1cccc2ccccc12)N1CCOCC1)C(=O)Nc1cc(F)ccc1F. The lowest BCUT2D eigenvalue weighted by Crippen LogP contribution is -2.45. The smallest absolute Gasteiger partial charge is 0.313 e. The molecule has 1 fully saturated rings. The van der Waals surface area contributed by atoms with E-state index in [1.165, 1.54) is 0 Å². The minimum absolute atomic E-state index is 0.173. The summed E-state index contributed by atoms with van der Waals surface area (Å²) in [5.74, 6) is -3.53. The second-order valence-corrected chi connectivity index (χ2v) is 7.52. The van der Waals surface area contributed by atoms with Gasteiger partial charge in [0, 0.05) is 25.7 Å². The highest BCUT2D eigenvalue weighted by atomic mass is 19.1. The predicted molar refractivity (Wildman–Crippen MR) is 117 cm³/mol. The Labute approximate surface area is 184 Å².